The van der Waals surface area contributed by atoms with Crippen LogP contribution < -0.4 is 15.2 Å². The molecule has 35 heavy (non-hydrogen) atoms. The second kappa shape index (κ2) is 10.8. The van der Waals surface area contributed by atoms with E-state index in [0.29, 0.717) is 29.4 Å². The molecule has 4 aromatic rings. The van der Waals surface area contributed by atoms with Gasteiger partial charge >= 0.3 is 0 Å². The number of rotatable bonds is 7. The van der Waals surface area contributed by atoms with Crippen molar-refractivity contribution in [1.29, 1.82) is 10.5 Å². The van der Waals surface area contributed by atoms with Crippen molar-refractivity contribution in [2.75, 3.05) is 12.8 Å². The number of benzene rings is 3. The van der Waals surface area contributed by atoms with Gasteiger partial charge in [-0.1, -0.05) is 36.4 Å². The van der Waals surface area contributed by atoms with Crippen molar-refractivity contribution in [2.45, 2.75) is 6.61 Å². The van der Waals surface area contributed by atoms with Gasteiger partial charge in [0.2, 0.25) is 0 Å². The van der Waals surface area contributed by atoms with Crippen LogP contribution in [0.3, 0.4) is 0 Å². The van der Waals surface area contributed by atoms with E-state index in [1.807, 2.05) is 54.6 Å². The number of nitrogens with zero attached hydrogens (tertiary/aromatic N) is 4. The predicted octanol–water partition coefficient (Wildman–Crippen LogP) is 5.58. The Morgan fingerprint density at radius 2 is 1.86 bits per heavy atom. The summed E-state index contributed by atoms with van der Waals surface area (Å²) in [5.74, 6) is 1.28. The molecule has 3 aromatic carbocycles. The molecule has 2 N–H and O–H groups in total. The van der Waals surface area contributed by atoms with Gasteiger partial charge in [0.1, 0.15) is 35.8 Å². The molecular weight excluding hydrogens is 553 g/mol. The number of ether oxygens (including phenoxy) is 2. The normalized spacial score (nSPS) is 10.9. The molecule has 0 radical (unpaired) electrons. The molecule has 0 fully saturated rings. The monoisotopic (exact) mass is 573 g/mol. The highest BCUT2D eigenvalue weighted by Gasteiger charge is 2.20. The first-order valence-electron chi connectivity index (χ1n) is 10.6. The van der Waals surface area contributed by atoms with Gasteiger partial charge in [-0.3, -0.25) is 0 Å². The van der Waals surface area contributed by atoms with E-state index in [-0.39, 0.29) is 22.6 Å². The van der Waals surface area contributed by atoms with Crippen LogP contribution in [0.4, 0.5) is 5.82 Å². The summed E-state index contributed by atoms with van der Waals surface area (Å²) in [7, 11) is 1.56. The molecule has 4 rings (SSSR count). The Balaban J connectivity index is 1.65. The number of hydrogen-bond donors (Lipinski definition) is 1. The van der Waals surface area contributed by atoms with Gasteiger partial charge in [-0.25, -0.2) is 4.68 Å². The fourth-order valence-corrected chi connectivity index (χ4v) is 4.10. The summed E-state index contributed by atoms with van der Waals surface area (Å²) in [6.45, 7) is 0.396. The maximum Gasteiger partial charge on any atom is 0.161 e. The second-order valence-electron chi connectivity index (χ2n) is 7.47. The van der Waals surface area contributed by atoms with Gasteiger partial charge in [0.15, 0.2) is 11.5 Å². The number of para-hydroxylation sites is 1. The molecule has 8 heteroatoms. The molecule has 1 heterocycles. The molecule has 0 atom stereocenters. The Labute approximate surface area is 216 Å². The number of aromatic nitrogens is 2. The average molecular weight is 573 g/mol. The Hall–Kier alpha value is -4.28. The summed E-state index contributed by atoms with van der Waals surface area (Å²) in [6, 6.07) is 26.9. The van der Waals surface area contributed by atoms with E-state index in [4.69, 9.17) is 15.2 Å². The van der Waals surface area contributed by atoms with Gasteiger partial charge in [-0.05, 0) is 76.2 Å². The molecule has 0 aliphatic heterocycles. The molecule has 172 valence electrons. The maximum absolute atomic E-state index is 9.87. The summed E-state index contributed by atoms with van der Waals surface area (Å²) < 4.78 is 14.1. The maximum atomic E-state index is 9.87. The van der Waals surface area contributed by atoms with E-state index in [9.17, 15) is 10.5 Å². The fourth-order valence-electron chi connectivity index (χ4n) is 3.50. The van der Waals surface area contributed by atoms with Gasteiger partial charge in [-0.15, -0.1) is 0 Å². The minimum Gasteiger partial charge on any atom is -0.493 e. The summed E-state index contributed by atoms with van der Waals surface area (Å²) in [5, 5.41) is 24.0. The summed E-state index contributed by atoms with van der Waals surface area (Å²) >= 11 is 2.26. The molecule has 0 bridgehead atoms. The molecule has 0 spiro atoms. The van der Waals surface area contributed by atoms with E-state index in [2.05, 4.69) is 45.9 Å². The predicted molar refractivity (Wildman–Crippen MR) is 143 cm³/mol. The lowest BCUT2D eigenvalue weighted by atomic mass is 10.1. The Bertz CT molecular complexity index is 1480. The quantitative estimate of drug-likeness (QED) is 0.228. The van der Waals surface area contributed by atoms with Crippen molar-refractivity contribution >= 4 is 40.1 Å². The fraction of sp³-hybridized carbons (Fsp3) is 0.0741. The lowest BCUT2D eigenvalue weighted by Crippen LogP contribution is -2.02. The molecular formula is C27H20IN5O2. The first-order valence-corrected chi connectivity index (χ1v) is 11.6. The van der Waals surface area contributed by atoms with E-state index >= 15 is 0 Å². The Morgan fingerprint density at radius 3 is 2.54 bits per heavy atom. The van der Waals surface area contributed by atoms with Crippen LogP contribution in [-0.2, 0) is 6.61 Å². The zero-order valence-electron chi connectivity index (χ0n) is 18.8. The molecule has 0 unspecified atom stereocenters. The smallest absolute Gasteiger partial charge is 0.161 e. The first kappa shape index (κ1) is 23.9. The van der Waals surface area contributed by atoms with Crippen molar-refractivity contribution in [3.8, 4) is 29.3 Å². The van der Waals surface area contributed by atoms with Crippen LogP contribution in [0, 0.1) is 26.2 Å². The summed E-state index contributed by atoms with van der Waals surface area (Å²) in [5.41, 5.74) is 9.19. The highest BCUT2D eigenvalue weighted by Crippen LogP contribution is 2.32. The van der Waals surface area contributed by atoms with Gasteiger partial charge in [-0.2, -0.15) is 15.6 Å². The molecule has 1 aromatic heterocycles. The number of halogens is 1. The number of nitrogens with two attached hydrogens (primary N) is 1. The van der Waals surface area contributed by atoms with Crippen molar-refractivity contribution < 1.29 is 9.47 Å². The summed E-state index contributed by atoms with van der Waals surface area (Å²) in [6.07, 6.45) is 1.64. The van der Waals surface area contributed by atoms with Crippen molar-refractivity contribution in [3.63, 3.8) is 0 Å². The number of hydrogen-bond acceptors (Lipinski definition) is 6. The lowest BCUT2D eigenvalue weighted by Gasteiger charge is -2.12. The number of anilines is 1. The zero-order chi connectivity index (χ0) is 24.8. The van der Waals surface area contributed by atoms with Crippen LogP contribution in [0.1, 0.15) is 22.4 Å². The zero-order valence-corrected chi connectivity index (χ0v) is 20.9. The average Bonchev–Trinajstić information content (AvgIpc) is 3.22. The third-order valence-corrected chi connectivity index (χ3v) is 5.86. The minimum absolute atomic E-state index is 0.145. The molecule has 0 aliphatic rings. The Kier molecular flexibility index (Phi) is 7.34. The number of allylic oxidation sites excluding steroid dienone is 1. The van der Waals surface area contributed by atoms with E-state index < -0.39 is 0 Å². The highest BCUT2D eigenvalue weighted by atomic mass is 127. The standard InChI is InChI=1S/C27H20IN5O2/c1-34-25-14-18(10-11-24(25)35-17-19-6-5-7-21(28)13-19)12-20(15-29)26-23(16-30)27(31)33(32-26)22-8-3-2-4-9-22/h2-14H,17,31H2,1H3. The van der Waals surface area contributed by atoms with Gasteiger partial charge < -0.3 is 15.2 Å². The minimum atomic E-state index is 0.145. The Morgan fingerprint density at radius 1 is 1.06 bits per heavy atom. The van der Waals surface area contributed by atoms with E-state index in [1.165, 1.54) is 4.68 Å². The number of methoxy groups -OCH3 is 1. The SMILES string of the molecule is COc1cc(C=C(C#N)c2nn(-c3ccccc3)c(N)c2C#N)ccc1OCc1cccc(I)c1. The molecule has 0 aliphatic carbocycles. The lowest BCUT2D eigenvalue weighted by molar-refractivity contribution is 0.284. The third kappa shape index (κ3) is 5.29. The molecule has 7 nitrogen and oxygen atoms in total. The van der Waals surface area contributed by atoms with Crippen LogP contribution in [0.15, 0.2) is 72.8 Å². The number of nitriles is 2. The van der Waals surface area contributed by atoms with Crippen LogP contribution in [0.5, 0.6) is 11.5 Å². The van der Waals surface area contributed by atoms with Crippen LogP contribution >= 0.6 is 22.6 Å². The van der Waals surface area contributed by atoms with Crippen LogP contribution in [0.2, 0.25) is 0 Å². The second-order valence-corrected chi connectivity index (χ2v) is 8.71. The largest absolute Gasteiger partial charge is 0.493 e. The van der Waals surface area contributed by atoms with Crippen LogP contribution in [-0.4, -0.2) is 16.9 Å². The topological polar surface area (TPSA) is 110 Å². The van der Waals surface area contributed by atoms with E-state index in [1.54, 1.807) is 25.3 Å². The third-order valence-electron chi connectivity index (χ3n) is 5.19. The molecule has 0 saturated heterocycles. The van der Waals surface area contributed by atoms with Crippen LogP contribution in [0.25, 0.3) is 17.3 Å². The van der Waals surface area contributed by atoms with Crippen molar-refractivity contribution in [2.24, 2.45) is 0 Å². The van der Waals surface area contributed by atoms with E-state index in [0.717, 1.165) is 9.13 Å². The molecule has 0 amide bonds. The number of nitrogen functional groups attached to an aromatic ring is 1. The summed E-state index contributed by atoms with van der Waals surface area (Å²) in [4.78, 5) is 0. The van der Waals surface area contributed by atoms with Gasteiger partial charge in [0, 0.05) is 3.57 Å². The first-order chi connectivity index (χ1) is 17.0. The van der Waals surface area contributed by atoms with Gasteiger partial charge in [0.05, 0.1) is 18.4 Å². The van der Waals surface area contributed by atoms with Crippen molar-refractivity contribution in [1.82, 2.24) is 9.78 Å². The van der Waals surface area contributed by atoms with Crippen molar-refractivity contribution in [3.05, 3.63) is 98.8 Å². The van der Waals surface area contributed by atoms with Gasteiger partial charge in [0.25, 0.3) is 0 Å². The highest BCUT2D eigenvalue weighted by molar-refractivity contribution is 14.1. The molecule has 0 saturated carbocycles.